The molecule has 1 fully saturated rings. The van der Waals surface area contributed by atoms with Gasteiger partial charge in [0.05, 0.1) is 12.0 Å². The van der Waals surface area contributed by atoms with E-state index in [9.17, 15) is 4.79 Å². The predicted octanol–water partition coefficient (Wildman–Crippen LogP) is 3.07. The topological polar surface area (TPSA) is 47.4 Å². The van der Waals surface area contributed by atoms with E-state index in [4.69, 9.17) is 16.3 Å². The number of nitrogens with zero attached hydrogens (tertiary/aromatic N) is 3. The van der Waals surface area contributed by atoms with Gasteiger partial charge >= 0.3 is 0 Å². The third-order valence-electron chi connectivity index (χ3n) is 4.17. The first-order chi connectivity index (χ1) is 11.0. The fourth-order valence-electron chi connectivity index (χ4n) is 2.89. The summed E-state index contributed by atoms with van der Waals surface area (Å²) in [5.74, 6) is 0.870. The van der Waals surface area contributed by atoms with Crippen molar-refractivity contribution < 1.29 is 9.53 Å². The Kier molecular flexibility index (Phi) is 4.57. The minimum absolute atomic E-state index is 0.0486. The van der Waals surface area contributed by atoms with Crippen LogP contribution in [0, 0.1) is 6.92 Å². The molecule has 122 valence electrons. The van der Waals surface area contributed by atoms with Crippen molar-refractivity contribution in [3.63, 3.8) is 0 Å². The zero-order chi connectivity index (χ0) is 16.4. The first kappa shape index (κ1) is 15.9. The molecule has 0 spiro atoms. The molecule has 0 N–H and O–H groups in total. The molecule has 0 saturated carbocycles. The van der Waals surface area contributed by atoms with Crippen molar-refractivity contribution in [3.8, 4) is 5.75 Å². The molecule has 0 aliphatic carbocycles. The van der Waals surface area contributed by atoms with E-state index in [-0.39, 0.29) is 12.0 Å². The van der Waals surface area contributed by atoms with Crippen molar-refractivity contribution in [3.05, 3.63) is 47.0 Å². The van der Waals surface area contributed by atoms with E-state index in [2.05, 4.69) is 4.98 Å². The Morgan fingerprint density at radius 3 is 2.48 bits per heavy atom. The van der Waals surface area contributed by atoms with E-state index in [1.54, 1.807) is 10.9 Å². The maximum Gasteiger partial charge on any atom is 0.272 e. The van der Waals surface area contributed by atoms with Crippen LogP contribution in [0.5, 0.6) is 5.75 Å². The summed E-state index contributed by atoms with van der Waals surface area (Å²) in [5.41, 5.74) is 1.44. The zero-order valence-electron chi connectivity index (χ0n) is 13.3. The predicted molar refractivity (Wildman–Crippen MR) is 89.0 cm³/mol. The van der Waals surface area contributed by atoms with Crippen LogP contribution in [0.4, 0.5) is 0 Å². The van der Waals surface area contributed by atoms with Gasteiger partial charge in [-0.2, -0.15) is 0 Å². The SMILES string of the molecule is Cc1ncn(C)c1C(=O)N1CCC(Oc2ccc(Cl)cc2)CC1. The van der Waals surface area contributed by atoms with E-state index in [1.807, 2.05) is 43.1 Å². The summed E-state index contributed by atoms with van der Waals surface area (Å²) < 4.78 is 7.75. The van der Waals surface area contributed by atoms with Gasteiger partial charge in [-0.1, -0.05) is 11.6 Å². The summed E-state index contributed by atoms with van der Waals surface area (Å²) in [4.78, 5) is 18.7. The van der Waals surface area contributed by atoms with Crippen LogP contribution >= 0.6 is 11.6 Å². The quantitative estimate of drug-likeness (QED) is 0.867. The van der Waals surface area contributed by atoms with Crippen molar-refractivity contribution in [1.82, 2.24) is 14.5 Å². The number of likely N-dealkylation sites (tertiary alicyclic amines) is 1. The molecular formula is C17H20ClN3O2. The van der Waals surface area contributed by atoms with Gasteiger partial charge in [0.1, 0.15) is 17.5 Å². The molecule has 1 aliphatic rings. The zero-order valence-corrected chi connectivity index (χ0v) is 14.1. The molecule has 0 bridgehead atoms. The summed E-state index contributed by atoms with van der Waals surface area (Å²) >= 11 is 5.88. The normalized spacial score (nSPS) is 15.7. The number of amides is 1. The highest BCUT2D eigenvalue weighted by molar-refractivity contribution is 6.30. The van der Waals surface area contributed by atoms with E-state index >= 15 is 0 Å². The number of ether oxygens (including phenoxy) is 1. The Balaban J connectivity index is 1.58. The van der Waals surface area contributed by atoms with Gasteiger partial charge in [0, 0.05) is 38.0 Å². The minimum atomic E-state index is 0.0486. The first-order valence-corrected chi connectivity index (χ1v) is 8.12. The van der Waals surface area contributed by atoms with Gasteiger partial charge in [-0.3, -0.25) is 4.79 Å². The molecule has 2 aromatic rings. The molecule has 1 amide bonds. The second-order valence-corrected chi connectivity index (χ2v) is 6.29. The largest absolute Gasteiger partial charge is 0.490 e. The van der Waals surface area contributed by atoms with Crippen LogP contribution in [0.3, 0.4) is 0 Å². The number of benzene rings is 1. The molecule has 6 heteroatoms. The van der Waals surface area contributed by atoms with Crippen molar-refractivity contribution >= 4 is 17.5 Å². The smallest absolute Gasteiger partial charge is 0.272 e. The lowest BCUT2D eigenvalue weighted by Gasteiger charge is -2.32. The molecule has 23 heavy (non-hydrogen) atoms. The molecule has 0 unspecified atom stereocenters. The van der Waals surface area contributed by atoms with Crippen LogP contribution in [-0.2, 0) is 7.05 Å². The number of aromatic nitrogens is 2. The maximum absolute atomic E-state index is 12.6. The summed E-state index contributed by atoms with van der Waals surface area (Å²) in [6, 6.07) is 7.39. The number of carbonyl (C=O) groups excluding carboxylic acids is 1. The molecule has 2 heterocycles. The highest BCUT2D eigenvalue weighted by atomic mass is 35.5. The third-order valence-corrected chi connectivity index (χ3v) is 4.42. The van der Waals surface area contributed by atoms with Gasteiger partial charge in [0.15, 0.2) is 0 Å². The van der Waals surface area contributed by atoms with Crippen molar-refractivity contribution in [2.75, 3.05) is 13.1 Å². The van der Waals surface area contributed by atoms with Crippen LogP contribution in [-0.4, -0.2) is 39.6 Å². The Labute approximate surface area is 140 Å². The lowest BCUT2D eigenvalue weighted by Crippen LogP contribution is -2.42. The van der Waals surface area contributed by atoms with Crippen molar-refractivity contribution in [2.45, 2.75) is 25.9 Å². The lowest BCUT2D eigenvalue weighted by molar-refractivity contribution is 0.0586. The van der Waals surface area contributed by atoms with Gasteiger partial charge in [-0.05, 0) is 31.2 Å². The fourth-order valence-corrected chi connectivity index (χ4v) is 3.01. The van der Waals surface area contributed by atoms with Gasteiger partial charge in [-0.15, -0.1) is 0 Å². The third kappa shape index (κ3) is 3.50. The standard InChI is InChI=1S/C17H20ClN3O2/c1-12-16(20(2)11-19-12)17(22)21-9-7-15(8-10-21)23-14-5-3-13(18)4-6-14/h3-6,11,15H,7-10H2,1-2H3. The Morgan fingerprint density at radius 2 is 1.91 bits per heavy atom. The molecule has 1 aromatic carbocycles. The number of imidazole rings is 1. The van der Waals surface area contributed by atoms with E-state index < -0.39 is 0 Å². The monoisotopic (exact) mass is 333 g/mol. The van der Waals surface area contributed by atoms with Gasteiger partial charge in [0.2, 0.25) is 0 Å². The van der Waals surface area contributed by atoms with Crippen molar-refractivity contribution in [2.24, 2.45) is 7.05 Å². The molecule has 0 radical (unpaired) electrons. The Bertz CT molecular complexity index is 669. The average Bonchev–Trinajstić information content (AvgIpc) is 2.88. The number of rotatable bonds is 3. The summed E-state index contributed by atoms with van der Waals surface area (Å²) in [5, 5.41) is 0.698. The van der Waals surface area contributed by atoms with Crippen LogP contribution < -0.4 is 4.74 Å². The maximum atomic E-state index is 12.6. The number of halogens is 1. The number of aryl methyl sites for hydroxylation is 2. The summed E-state index contributed by atoms with van der Waals surface area (Å²) in [6.45, 7) is 3.26. The van der Waals surface area contributed by atoms with Crippen molar-refractivity contribution in [1.29, 1.82) is 0 Å². The second kappa shape index (κ2) is 6.62. The first-order valence-electron chi connectivity index (χ1n) is 7.74. The van der Waals surface area contributed by atoms with E-state index in [0.29, 0.717) is 23.8 Å². The van der Waals surface area contributed by atoms with Crippen LogP contribution in [0.15, 0.2) is 30.6 Å². The van der Waals surface area contributed by atoms with E-state index in [0.717, 1.165) is 24.3 Å². The number of hydrogen-bond acceptors (Lipinski definition) is 3. The molecule has 1 saturated heterocycles. The molecule has 1 aliphatic heterocycles. The highest BCUT2D eigenvalue weighted by Crippen LogP contribution is 2.22. The molecule has 3 rings (SSSR count). The fraction of sp³-hybridized carbons (Fsp3) is 0.412. The number of hydrogen-bond donors (Lipinski definition) is 0. The van der Waals surface area contributed by atoms with E-state index in [1.165, 1.54) is 0 Å². The van der Waals surface area contributed by atoms with Crippen LogP contribution in [0.1, 0.15) is 29.0 Å². The summed E-state index contributed by atoms with van der Waals surface area (Å²) in [7, 11) is 1.85. The molecular weight excluding hydrogens is 314 g/mol. The van der Waals surface area contributed by atoms with Crippen LogP contribution in [0.25, 0.3) is 0 Å². The van der Waals surface area contributed by atoms with Gasteiger partial charge in [0.25, 0.3) is 5.91 Å². The van der Waals surface area contributed by atoms with Gasteiger partial charge in [-0.25, -0.2) is 4.98 Å². The highest BCUT2D eigenvalue weighted by Gasteiger charge is 2.27. The second-order valence-electron chi connectivity index (χ2n) is 5.85. The van der Waals surface area contributed by atoms with Crippen LogP contribution in [0.2, 0.25) is 5.02 Å². The minimum Gasteiger partial charge on any atom is -0.490 e. The number of piperidine rings is 1. The Hall–Kier alpha value is -2.01. The number of carbonyl (C=O) groups is 1. The average molecular weight is 334 g/mol. The summed E-state index contributed by atoms with van der Waals surface area (Å²) in [6.07, 6.45) is 3.46. The molecule has 0 atom stereocenters. The molecule has 5 nitrogen and oxygen atoms in total. The Morgan fingerprint density at radius 1 is 1.26 bits per heavy atom. The van der Waals surface area contributed by atoms with Gasteiger partial charge < -0.3 is 14.2 Å². The molecule has 1 aromatic heterocycles. The lowest BCUT2D eigenvalue weighted by atomic mass is 10.1.